The van der Waals surface area contributed by atoms with Gasteiger partial charge in [-0.15, -0.1) is 0 Å². The highest BCUT2D eigenvalue weighted by Gasteiger charge is 2.36. The minimum absolute atomic E-state index is 0.0413. The van der Waals surface area contributed by atoms with Crippen molar-refractivity contribution in [2.45, 2.75) is 36.9 Å². The third-order valence-electron chi connectivity index (χ3n) is 3.51. The number of nitrogens with zero attached hydrogens (tertiary/aromatic N) is 2. The Balaban J connectivity index is 2.12. The minimum Gasteiger partial charge on any atom is -0.391 e. The fraction of sp³-hybridized carbons (Fsp3) is 0.571. The average Bonchev–Trinajstić information content (AvgIpc) is 2.43. The molecule has 1 saturated heterocycles. The lowest BCUT2D eigenvalue weighted by atomic mass is 10.0. The number of hydrogen-bond donors (Lipinski definition) is 1. The van der Waals surface area contributed by atoms with Gasteiger partial charge in [0.2, 0.25) is 0 Å². The molecule has 0 bridgehead atoms. The van der Waals surface area contributed by atoms with E-state index in [-0.39, 0.29) is 11.0 Å². The molecule has 1 aliphatic heterocycles. The molecule has 1 aliphatic rings. The zero-order valence-corrected chi connectivity index (χ0v) is 13.4. The van der Waals surface area contributed by atoms with Gasteiger partial charge in [0.1, 0.15) is 0 Å². The van der Waals surface area contributed by atoms with Crippen molar-refractivity contribution >= 4 is 33.4 Å². The molecule has 3 nitrogen and oxygen atoms in total. The largest absolute Gasteiger partial charge is 0.391 e. The van der Waals surface area contributed by atoms with Gasteiger partial charge in [-0.25, -0.2) is 0 Å². The number of benzene rings is 1. The number of para-hydroxylation sites is 1. The van der Waals surface area contributed by atoms with Gasteiger partial charge in [-0.1, -0.05) is 47.5 Å². The van der Waals surface area contributed by atoms with Crippen LogP contribution in [0.4, 0.5) is 5.69 Å². The molecular weight excluding hydrogens is 328 g/mol. The van der Waals surface area contributed by atoms with E-state index in [2.05, 4.69) is 39.9 Å². The Labute approximate surface area is 128 Å². The van der Waals surface area contributed by atoms with Crippen molar-refractivity contribution in [1.29, 1.82) is 0 Å². The van der Waals surface area contributed by atoms with Crippen molar-refractivity contribution in [3.8, 4) is 0 Å². The molecule has 106 valence electrons. The number of aliphatic hydroxyl groups excluding tert-OH is 1. The second-order valence-electron chi connectivity index (χ2n) is 4.94. The van der Waals surface area contributed by atoms with Crippen LogP contribution in [0.3, 0.4) is 0 Å². The Kier molecular flexibility index (Phi) is 5.51. The second kappa shape index (κ2) is 6.93. The average molecular weight is 348 g/mol. The van der Waals surface area contributed by atoms with Gasteiger partial charge in [0.15, 0.2) is 0 Å². The fourth-order valence-corrected chi connectivity index (χ4v) is 3.38. The van der Waals surface area contributed by atoms with Gasteiger partial charge in [0.05, 0.1) is 17.1 Å². The summed E-state index contributed by atoms with van der Waals surface area (Å²) >= 11 is 9.91. The van der Waals surface area contributed by atoms with Crippen LogP contribution in [0, 0.1) is 0 Å². The molecule has 1 heterocycles. The summed E-state index contributed by atoms with van der Waals surface area (Å²) in [7, 11) is 0. The normalized spacial score (nSPS) is 26.4. The highest BCUT2D eigenvalue weighted by Crippen LogP contribution is 2.28. The van der Waals surface area contributed by atoms with E-state index in [1.54, 1.807) is 4.42 Å². The summed E-state index contributed by atoms with van der Waals surface area (Å²) in [4.78, 5) is 2.31. The van der Waals surface area contributed by atoms with E-state index in [0.29, 0.717) is 0 Å². The highest BCUT2D eigenvalue weighted by molar-refractivity contribution is 9.09. The molecule has 0 aromatic heterocycles. The molecule has 2 rings (SSSR count). The molecule has 1 aromatic carbocycles. The van der Waals surface area contributed by atoms with Gasteiger partial charge in [-0.05, 0) is 30.3 Å². The summed E-state index contributed by atoms with van der Waals surface area (Å²) in [5.41, 5.74) is 1.17. The molecule has 3 unspecified atom stereocenters. The lowest BCUT2D eigenvalue weighted by molar-refractivity contribution is 0.0736. The van der Waals surface area contributed by atoms with Crippen molar-refractivity contribution in [3.05, 3.63) is 30.3 Å². The van der Waals surface area contributed by atoms with E-state index < -0.39 is 6.10 Å². The van der Waals surface area contributed by atoms with E-state index >= 15 is 0 Å². The fourth-order valence-electron chi connectivity index (χ4n) is 2.47. The molecule has 0 aliphatic carbocycles. The van der Waals surface area contributed by atoms with Gasteiger partial charge < -0.3 is 10.0 Å². The molecule has 1 N–H and O–H groups in total. The number of alkyl halides is 1. The first-order valence-corrected chi connectivity index (χ1v) is 7.95. The van der Waals surface area contributed by atoms with Gasteiger partial charge in [-0.3, -0.25) is 0 Å². The monoisotopic (exact) mass is 346 g/mol. The highest BCUT2D eigenvalue weighted by atomic mass is 79.9. The Hall–Kier alpha value is -0.290. The van der Waals surface area contributed by atoms with Crippen LogP contribution in [-0.4, -0.2) is 39.7 Å². The van der Waals surface area contributed by atoms with Crippen LogP contribution in [0.25, 0.3) is 0 Å². The van der Waals surface area contributed by atoms with Gasteiger partial charge >= 0.3 is 0 Å². The Morgan fingerprint density at radius 3 is 2.68 bits per heavy atom. The van der Waals surface area contributed by atoms with Crippen LogP contribution in [0.5, 0.6) is 0 Å². The quantitative estimate of drug-likeness (QED) is 0.515. The van der Waals surface area contributed by atoms with Crippen molar-refractivity contribution in [2.24, 2.45) is 0 Å². The van der Waals surface area contributed by atoms with Crippen LogP contribution in [-0.2, 0) is 0 Å². The predicted molar refractivity (Wildman–Crippen MR) is 83.8 cm³/mol. The minimum atomic E-state index is -0.394. The summed E-state index contributed by atoms with van der Waals surface area (Å²) in [6, 6.07) is 10.2. The molecule has 3 atom stereocenters. The van der Waals surface area contributed by atoms with E-state index in [1.165, 1.54) is 5.69 Å². The number of piperazine rings is 1. The van der Waals surface area contributed by atoms with Gasteiger partial charge in [0, 0.05) is 18.8 Å². The van der Waals surface area contributed by atoms with Crippen molar-refractivity contribution in [2.75, 3.05) is 18.0 Å². The van der Waals surface area contributed by atoms with Crippen molar-refractivity contribution in [1.82, 2.24) is 4.42 Å². The van der Waals surface area contributed by atoms with E-state index in [0.717, 1.165) is 25.9 Å². The maximum absolute atomic E-state index is 10.3. The van der Waals surface area contributed by atoms with E-state index in [9.17, 15) is 5.11 Å². The van der Waals surface area contributed by atoms with E-state index in [4.69, 9.17) is 11.8 Å². The van der Waals surface area contributed by atoms with Crippen LogP contribution < -0.4 is 4.90 Å². The zero-order chi connectivity index (χ0) is 13.8. The maximum Gasteiger partial charge on any atom is 0.0980 e. The lowest BCUT2D eigenvalue weighted by Crippen LogP contribution is -2.57. The van der Waals surface area contributed by atoms with Crippen LogP contribution in [0.15, 0.2) is 30.3 Å². The third-order valence-corrected chi connectivity index (χ3v) is 4.97. The predicted octanol–water partition coefficient (Wildman–Crippen LogP) is 3.21. The molecule has 0 saturated carbocycles. The number of halogens is 2. The Morgan fingerprint density at radius 2 is 2.05 bits per heavy atom. The third kappa shape index (κ3) is 3.63. The molecule has 1 aromatic rings. The van der Waals surface area contributed by atoms with Crippen molar-refractivity contribution in [3.63, 3.8) is 0 Å². The number of anilines is 1. The SMILES string of the molecule is CCCC(O)C1CN(c2ccccc2)CC(Br)N1Cl. The first kappa shape index (κ1) is 15.1. The smallest absolute Gasteiger partial charge is 0.0980 e. The maximum atomic E-state index is 10.3. The Bertz CT molecular complexity index is 392. The standard InChI is InChI=1S/C14H20BrClN2O/c1-2-6-13(19)12-9-17(10-14(15)18(12)16)11-7-4-3-5-8-11/h3-5,7-8,12-14,19H,2,6,9-10H2,1H3. The topological polar surface area (TPSA) is 26.7 Å². The summed E-state index contributed by atoms with van der Waals surface area (Å²) in [6.45, 7) is 3.63. The molecule has 0 radical (unpaired) electrons. The summed E-state index contributed by atoms with van der Waals surface area (Å²) < 4.78 is 1.72. The van der Waals surface area contributed by atoms with Gasteiger partial charge in [-0.2, -0.15) is 4.42 Å². The molecule has 1 fully saturated rings. The molecule has 0 amide bonds. The summed E-state index contributed by atoms with van der Waals surface area (Å²) in [5, 5.41) is 10.3. The van der Waals surface area contributed by atoms with Crippen LogP contribution in [0.1, 0.15) is 19.8 Å². The molecule has 5 heteroatoms. The molecule has 0 spiro atoms. The first-order chi connectivity index (χ1) is 9.13. The summed E-state index contributed by atoms with van der Waals surface area (Å²) in [6.07, 6.45) is 1.34. The second-order valence-corrected chi connectivity index (χ2v) is 6.39. The molecule has 19 heavy (non-hydrogen) atoms. The molecular formula is C14H20BrClN2O. The van der Waals surface area contributed by atoms with E-state index in [1.807, 2.05) is 18.2 Å². The van der Waals surface area contributed by atoms with Crippen LogP contribution in [0.2, 0.25) is 0 Å². The first-order valence-electron chi connectivity index (χ1n) is 6.69. The summed E-state index contributed by atoms with van der Waals surface area (Å²) in [5.74, 6) is 0. The van der Waals surface area contributed by atoms with Crippen LogP contribution >= 0.6 is 27.7 Å². The lowest BCUT2D eigenvalue weighted by Gasteiger charge is -2.43. The van der Waals surface area contributed by atoms with Gasteiger partial charge in [0.25, 0.3) is 0 Å². The Morgan fingerprint density at radius 1 is 1.37 bits per heavy atom. The number of hydrogen-bond acceptors (Lipinski definition) is 3. The number of rotatable bonds is 4. The zero-order valence-electron chi connectivity index (χ0n) is 11.0. The number of aliphatic hydroxyl groups is 1. The van der Waals surface area contributed by atoms with Crippen molar-refractivity contribution < 1.29 is 5.11 Å².